The molecule has 0 atom stereocenters. The summed E-state index contributed by atoms with van der Waals surface area (Å²) in [7, 11) is 1.31. The Bertz CT molecular complexity index is 520. The van der Waals surface area contributed by atoms with Gasteiger partial charge in [0.1, 0.15) is 0 Å². The summed E-state index contributed by atoms with van der Waals surface area (Å²) in [6.07, 6.45) is 0.925. The molecule has 1 aromatic heterocycles. The van der Waals surface area contributed by atoms with E-state index in [1.165, 1.54) is 10.1 Å². The minimum absolute atomic E-state index is 0.152. The topological polar surface area (TPSA) is 54.4 Å². The Kier molecular flexibility index (Phi) is 8.18. The van der Waals surface area contributed by atoms with Crippen molar-refractivity contribution in [2.45, 2.75) is 20.5 Å². The number of rotatable bonds is 1. The first-order valence-electron chi connectivity index (χ1n) is 5.38. The Morgan fingerprint density at radius 2 is 1.78 bits per heavy atom. The fourth-order valence-electron chi connectivity index (χ4n) is 1.11. The van der Waals surface area contributed by atoms with E-state index in [2.05, 4.69) is 22.8 Å². The summed E-state index contributed by atoms with van der Waals surface area (Å²) in [6, 6.07) is 10.2. The van der Waals surface area contributed by atoms with Crippen LogP contribution in [-0.4, -0.2) is 19.8 Å². The first-order valence-corrected chi connectivity index (χ1v) is 8.91. The normalized spacial score (nSPS) is 10.1. The molecule has 102 valence electrons. The third kappa shape index (κ3) is 7.66. The number of thiophene rings is 1. The van der Waals surface area contributed by atoms with Crippen LogP contribution < -0.4 is 0 Å². The molecular formula is C12H17ClO3S2. The third-order valence-electron chi connectivity index (χ3n) is 1.63. The van der Waals surface area contributed by atoms with Crippen LogP contribution in [0.4, 0.5) is 0 Å². The highest BCUT2D eigenvalue weighted by molar-refractivity contribution is 8.13. The summed E-state index contributed by atoms with van der Waals surface area (Å²) in [4.78, 5) is 1.03. The van der Waals surface area contributed by atoms with E-state index in [-0.39, 0.29) is 6.61 Å². The standard InChI is InChI=1S/C9H8OS.C2H6.CH3ClO2S/c10-6-8-5-7-3-1-2-4-9(7)11-8;1-2;1-5(2,3)4/h1-5,10H,6H2;1-2H3;1H3. The molecule has 0 saturated carbocycles. The van der Waals surface area contributed by atoms with E-state index in [1.54, 1.807) is 11.3 Å². The van der Waals surface area contributed by atoms with Crippen molar-refractivity contribution in [2.75, 3.05) is 6.26 Å². The van der Waals surface area contributed by atoms with Gasteiger partial charge >= 0.3 is 0 Å². The zero-order valence-electron chi connectivity index (χ0n) is 10.6. The Morgan fingerprint density at radius 3 is 2.22 bits per heavy atom. The van der Waals surface area contributed by atoms with Crippen LogP contribution in [0.25, 0.3) is 10.1 Å². The lowest BCUT2D eigenvalue weighted by molar-refractivity contribution is 0.285. The summed E-state index contributed by atoms with van der Waals surface area (Å²) >= 11 is 1.65. The molecule has 0 amide bonds. The fourth-order valence-corrected chi connectivity index (χ4v) is 2.04. The third-order valence-corrected chi connectivity index (χ3v) is 2.73. The van der Waals surface area contributed by atoms with Gasteiger partial charge in [-0.1, -0.05) is 32.0 Å². The maximum Gasteiger partial charge on any atom is 0.229 e. The van der Waals surface area contributed by atoms with Crippen LogP contribution in [0, 0.1) is 0 Å². The summed E-state index contributed by atoms with van der Waals surface area (Å²) in [5.74, 6) is 0. The van der Waals surface area contributed by atoms with Crippen LogP contribution in [-0.2, 0) is 15.7 Å². The number of fused-ring (bicyclic) bond motifs is 1. The van der Waals surface area contributed by atoms with Crippen molar-refractivity contribution in [1.82, 2.24) is 0 Å². The highest BCUT2D eigenvalue weighted by Crippen LogP contribution is 2.24. The summed E-state index contributed by atoms with van der Waals surface area (Å²) < 4.78 is 20.0. The summed E-state index contributed by atoms with van der Waals surface area (Å²) in [6.45, 7) is 4.15. The largest absolute Gasteiger partial charge is 0.391 e. The summed E-state index contributed by atoms with van der Waals surface area (Å²) in [5, 5.41) is 10.1. The monoisotopic (exact) mass is 308 g/mol. The lowest BCUT2D eigenvalue weighted by Crippen LogP contribution is -1.76. The second-order valence-corrected chi connectivity index (χ2v) is 7.30. The SMILES string of the molecule is CC.CS(=O)(=O)Cl.OCc1cc2ccccc2s1. The quantitative estimate of drug-likeness (QED) is 0.819. The molecule has 0 unspecified atom stereocenters. The molecule has 18 heavy (non-hydrogen) atoms. The van der Waals surface area contributed by atoms with E-state index in [1.807, 2.05) is 32.0 Å². The zero-order chi connectivity index (χ0) is 14.2. The minimum Gasteiger partial charge on any atom is -0.391 e. The van der Waals surface area contributed by atoms with Gasteiger partial charge in [0.2, 0.25) is 9.05 Å². The molecule has 1 aromatic carbocycles. The maximum atomic E-state index is 9.40. The zero-order valence-corrected chi connectivity index (χ0v) is 12.9. The van der Waals surface area contributed by atoms with Gasteiger partial charge in [-0.3, -0.25) is 0 Å². The molecule has 0 aliphatic rings. The second-order valence-electron chi connectivity index (χ2n) is 3.09. The molecule has 0 saturated heterocycles. The molecule has 6 heteroatoms. The molecule has 1 heterocycles. The molecule has 0 radical (unpaired) electrons. The highest BCUT2D eigenvalue weighted by Gasteiger charge is 1.97. The minimum atomic E-state index is -3.19. The van der Waals surface area contributed by atoms with Gasteiger partial charge in [0, 0.05) is 20.3 Å². The predicted octanol–water partition coefficient (Wildman–Crippen LogP) is 3.60. The van der Waals surface area contributed by atoms with E-state index >= 15 is 0 Å². The van der Waals surface area contributed by atoms with Crippen molar-refractivity contribution in [2.24, 2.45) is 0 Å². The molecule has 0 bridgehead atoms. The Balaban J connectivity index is 0.000000354. The molecule has 3 nitrogen and oxygen atoms in total. The van der Waals surface area contributed by atoms with Crippen molar-refractivity contribution in [3.05, 3.63) is 35.2 Å². The van der Waals surface area contributed by atoms with Gasteiger partial charge in [0.25, 0.3) is 0 Å². The average Bonchev–Trinajstić information content (AvgIpc) is 2.72. The van der Waals surface area contributed by atoms with Crippen molar-refractivity contribution in [3.63, 3.8) is 0 Å². The van der Waals surface area contributed by atoms with Crippen molar-refractivity contribution >= 4 is 41.2 Å². The fraction of sp³-hybridized carbons (Fsp3) is 0.333. The van der Waals surface area contributed by atoms with Crippen LogP contribution >= 0.6 is 22.0 Å². The number of hydrogen-bond acceptors (Lipinski definition) is 4. The van der Waals surface area contributed by atoms with E-state index in [4.69, 9.17) is 5.11 Å². The Morgan fingerprint density at radius 1 is 1.28 bits per heavy atom. The van der Waals surface area contributed by atoms with Gasteiger partial charge in [0.05, 0.1) is 12.9 Å². The van der Waals surface area contributed by atoms with E-state index in [9.17, 15) is 8.42 Å². The average molecular weight is 309 g/mol. The molecule has 0 spiro atoms. The van der Waals surface area contributed by atoms with Crippen molar-refractivity contribution < 1.29 is 13.5 Å². The first kappa shape index (κ1) is 17.4. The van der Waals surface area contributed by atoms with Crippen LogP contribution in [0.5, 0.6) is 0 Å². The number of aliphatic hydroxyl groups excluding tert-OH is 1. The number of halogens is 1. The second kappa shape index (κ2) is 8.48. The van der Waals surface area contributed by atoms with Crippen molar-refractivity contribution in [3.8, 4) is 0 Å². The van der Waals surface area contributed by atoms with Crippen LogP contribution in [0.15, 0.2) is 30.3 Å². The smallest absolute Gasteiger partial charge is 0.229 e. The molecule has 0 aliphatic heterocycles. The van der Waals surface area contributed by atoms with Gasteiger partial charge in [-0.2, -0.15) is 0 Å². The van der Waals surface area contributed by atoms with Gasteiger partial charge in [-0.15, -0.1) is 11.3 Å². The molecule has 0 aliphatic carbocycles. The maximum absolute atomic E-state index is 9.40. The van der Waals surface area contributed by atoms with Crippen LogP contribution in [0.3, 0.4) is 0 Å². The van der Waals surface area contributed by atoms with Gasteiger partial charge < -0.3 is 5.11 Å². The van der Waals surface area contributed by atoms with Crippen LogP contribution in [0.2, 0.25) is 0 Å². The molecule has 2 aromatic rings. The lowest BCUT2D eigenvalue weighted by atomic mass is 10.2. The lowest BCUT2D eigenvalue weighted by Gasteiger charge is -1.82. The van der Waals surface area contributed by atoms with E-state index < -0.39 is 9.05 Å². The predicted molar refractivity (Wildman–Crippen MR) is 79.8 cm³/mol. The number of aliphatic hydroxyl groups is 1. The molecular weight excluding hydrogens is 292 g/mol. The Labute approximate surface area is 116 Å². The Hall–Kier alpha value is -0.620. The highest BCUT2D eigenvalue weighted by atomic mass is 35.7. The van der Waals surface area contributed by atoms with E-state index in [0.717, 1.165) is 11.1 Å². The van der Waals surface area contributed by atoms with Gasteiger partial charge in [0.15, 0.2) is 0 Å². The number of benzene rings is 1. The number of hydrogen-bond donors (Lipinski definition) is 1. The van der Waals surface area contributed by atoms with E-state index in [0.29, 0.717) is 0 Å². The van der Waals surface area contributed by atoms with Gasteiger partial charge in [-0.05, 0) is 17.5 Å². The molecule has 0 fully saturated rings. The summed E-state index contributed by atoms with van der Waals surface area (Å²) in [5.41, 5.74) is 0. The van der Waals surface area contributed by atoms with Crippen LogP contribution in [0.1, 0.15) is 18.7 Å². The first-order chi connectivity index (χ1) is 8.40. The molecule has 2 rings (SSSR count). The molecule has 1 N–H and O–H groups in total. The van der Waals surface area contributed by atoms with Crippen molar-refractivity contribution in [1.29, 1.82) is 0 Å². The van der Waals surface area contributed by atoms with Gasteiger partial charge in [-0.25, -0.2) is 8.42 Å².